The minimum absolute atomic E-state index is 0. The summed E-state index contributed by atoms with van der Waals surface area (Å²) >= 11 is 0. The molecule has 0 aromatic carbocycles. The minimum Gasteiger partial charge on any atom is -0.450 e. The Morgan fingerprint density at radius 2 is 0.532 bits per heavy atom. The maximum atomic E-state index is 11.6. The second-order valence-electron chi connectivity index (χ2n) is 31.7. The third kappa shape index (κ3) is 146. The van der Waals surface area contributed by atoms with Gasteiger partial charge in [0.1, 0.15) is 18.0 Å². The number of hydrogen-bond donors (Lipinski definition) is 12. The van der Waals surface area contributed by atoms with Crippen LogP contribution in [0.2, 0.25) is 0 Å². The number of phosphoric acid groups is 2. The molecule has 0 saturated heterocycles. The van der Waals surface area contributed by atoms with E-state index in [0.717, 1.165) is 71.2 Å². The second kappa shape index (κ2) is 125. The van der Waals surface area contributed by atoms with Crippen LogP contribution < -0.4 is 53.2 Å². The topological polar surface area (TPSA) is 478 Å². The number of Topliss-reactive ketones (excluding diaryl/α,β-unsaturated/α-hetero) is 1. The molecule has 0 bridgehead atoms. The van der Waals surface area contributed by atoms with Crippen molar-refractivity contribution in [2.45, 2.75) is 453 Å². The highest BCUT2D eigenvalue weighted by atomic mass is 31.2. The molecule has 0 heterocycles. The Kier molecular flexibility index (Phi) is 161. The van der Waals surface area contributed by atoms with Gasteiger partial charge < -0.3 is 110 Å². The molecule has 2 atom stereocenters. The molecule has 854 valence electrons. The summed E-state index contributed by atoms with van der Waals surface area (Å²) in [5.74, 6) is 1.58. The van der Waals surface area contributed by atoms with Gasteiger partial charge >= 0.3 is 39.9 Å². The molecule has 0 aromatic heterocycles. The summed E-state index contributed by atoms with van der Waals surface area (Å²) in [4.78, 5) is 120. The van der Waals surface area contributed by atoms with Crippen LogP contribution in [-0.4, -0.2) is 269 Å². The quantitative estimate of drug-likeness (QED) is 0.0199. The lowest BCUT2D eigenvalue weighted by molar-refractivity contribution is -0.123. The third-order valence-corrected chi connectivity index (χ3v) is 17.2. The van der Waals surface area contributed by atoms with E-state index in [1.54, 1.807) is 41.5 Å². The fraction of sp³-hybridized carbons (Fsp3) is 0.910. The van der Waals surface area contributed by atoms with Gasteiger partial charge in [-0.25, -0.2) is 28.3 Å². The van der Waals surface area contributed by atoms with Gasteiger partial charge in [-0.2, -0.15) is 0 Å². The van der Waals surface area contributed by atoms with Crippen LogP contribution in [0.4, 0.5) is 19.2 Å². The molecular formula is C100H232N10O27P2. The van der Waals surface area contributed by atoms with Crippen molar-refractivity contribution in [3.05, 3.63) is 0 Å². The second-order valence-corrected chi connectivity index (χ2v) is 34.6. The van der Waals surface area contributed by atoms with E-state index in [4.69, 9.17) is 65.5 Å². The average Bonchev–Trinajstić information content (AvgIpc) is 0.897. The molecule has 0 aliphatic carbocycles. The van der Waals surface area contributed by atoms with E-state index >= 15 is 0 Å². The number of urea groups is 2. The summed E-state index contributed by atoms with van der Waals surface area (Å²) in [6.07, 6.45) is 9.23. The van der Waals surface area contributed by atoms with E-state index in [2.05, 4.69) is 102 Å². The lowest BCUT2D eigenvalue weighted by Gasteiger charge is -2.22. The van der Waals surface area contributed by atoms with Crippen LogP contribution in [0, 0.1) is 17.8 Å². The Bertz CT molecular complexity index is 2490. The first-order valence-corrected chi connectivity index (χ1v) is 49.9. The molecule has 0 radical (unpaired) electrons. The van der Waals surface area contributed by atoms with Crippen molar-refractivity contribution in [1.29, 1.82) is 0 Å². The maximum Gasteiger partial charge on any atom is 0.472 e. The number of nitrogens with one attached hydrogen (secondary N) is 10. The minimum atomic E-state index is -4.19. The van der Waals surface area contributed by atoms with Crippen LogP contribution in [0.25, 0.3) is 0 Å². The Labute approximate surface area is 854 Å². The van der Waals surface area contributed by atoms with Gasteiger partial charge in [-0.05, 0) is 159 Å². The number of amides is 10. The van der Waals surface area contributed by atoms with E-state index in [-0.39, 0.29) is 218 Å². The van der Waals surface area contributed by atoms with Gasteiger partial charge in [0.25, 0.3) is 0 Å². The molecule has 0 rings (SSSR count). The van der Waals surface area contributed by atoms with Gasteiger partial charge in [0.05, 0.1) is 108 Å². The third-order valence-electron chi connectivity index (χ3n) is 15.2. The zero-order valence-corrected chi connectivity index (χ0v) is 86.8. The summed E-state index contributed by atoms with van der Waals surface area (Å²) < 4.78 is 96.2. The fourth-order valence-electron chi connectivity index (χ4n) is 9.28. The number of ether oxygens (including phenoxy) is 10. The lowest BCUT2D eigenvalue weighted by atomic mass is 9.97. The Morgan fingerprint density at radius 3 is 0.755 bits per heavy atom. The first-order valence-electron chi connectivity index (χ1n) is 47.0. The van der Waals surface area contributed by atoms with Crippen molar-refractivity contribution >= 4 is 69.3 Å². The number of alkyl carbamates (subject to hydrolysis) is 2. The molecule has 10 amide bonds. The molecule has 39 heteroatoms. The summed E-state index contributed by atoms with van der Waals surface area (Å²) in [5, 5.41) is 27.5. The van der Waals surface area contributed by atoms with Gasteiger partial charge in [0, 0.05) is 123 Å². The highest BCUT2D eigenvalue weighted by Gasteiger charge is 2.28. The standard InChI is InChI=1S/C14H30N4O3.C14H28N2O5.C13H26N2O2.C12H24N2O3.C12H28O9P2.C12H26O3.C6H14O.C6H12O.11CH4/c1-5-7-15-13(19)17-9-12(21-11(3)4)10-18-14(20)16-8-6-2;1-5-7-19-13(17)15-9-12(21-11(3)4)10-16-14(18)20-8-6-2;1-5-12(16)14-8-11(7-10(3)4)9-15-13(17)6-2;1-5-11(15)13-7-10(17-9(3)4)8-14-12(16)6-2;1-5-7-17-22(13,14)19-9-12(21-11(3)4)10-20-23(15,16)18-8-6-2;1-5-7-13-9-12(15-11(3)4)10-14-8-6-2;1-4-5-7-6(2)3;1-4-6(7)5(2)3;;;;;;;;;;;/h11-12H,5-10H2,1-4H3,(H2,15,17,19)(H2,16,18,20);11-12H,5-10H2,1-4H3,(H,15,17)(H,16,18);10-11H,5-9H2,1-4H3,(H,14,16)(H,15,17);9-10H,5-8H2,1-4H3,(H,13,15)(H,14,16);11-12H,5-10H2,1-4H3,(H,13,14)(H,15,16);11-12H,5-10H2,1-4H3;6H,4-5H2,1-3H3;5H,4H2,1-3H3;11*1H4. The average molecular weight is 2070 g/mol. The summed E-state index contributed by atoms with van der Waals surface area (Å²) in [7, 11) is -8.37. The Balaban J connectivity index is -0.0000000702. The first kappa shape index (κ1) is 179. The first-order chi connectivity index (χ1) is 60.2. The molecule has 12 N–H and O–H groups in total. The van der Waals surface area contributed by atoms with Gasteiger partial charge in [0.15, 0.2) is 0 Å². The van der Waals surface area contributed by atoms with Gasteiger partial charge in [0.2, 0.25) is 23.6 Å². The van der Waals surface area contributed by atoms with Crippen molar-refractivity contribution in [2.75, 3.05) is 138 Å². The maximum absolute atomic E-state index is 11.6. The SMILES string of the molecule is C.C.C.C.C.C.C.C.C.C.C.CCC(=O)C(C)C.CCC(=O)NCC(CNC(=O)CC)CC(C)C.CCC(=O)NCC(CNC(=O)CC)OC(C)C.CCCNC(=O)NCC(CNC(=O)NCCC)OC(C)C.CCCOC(=O)NCC(CNC(=O)OCCC)OC(C)C.CCCOC(C)C.CCCOCC(COCCC)OC(C)C.CCCOP(=O)(O)OCC(COP(=O)(O)OCCC)OC(C)C. The van der Waals surface area contributed by atoms with Crippen molar-refractivity contribution in [2.24, 2.45) is 17.8 Å². The van der Waals surface area contributed by atoms with E-state index in [1.807, 2.05) is 118 Å². The van der Waals surface area contributed by atoms with Crippen LogP contribution in [0.3, 0.4) is 0 Å². The number of ketones is 1. The van der Waals surface area contributed by atoms with Crippen LogP contribution in [0.15, 0.2) is 0 Å². The highest BCUT2D eigenvalue weighted by molar-refractivity contribution is 7.47. The van der Waals surface area contributed by atoms with Gasteiger partial charge in [-0.15, -0.1) is 0 Å². The van der Waals surface area contributed by atoms with Crippen LogP contribution in [0.1, 0.15) is 386 Å². The summed E-state index contributed by atoms with van der Waals surface area (Å²) in [6, 6.07) is -0.436. The highest BCUT2D eigenvalue weighted by Crippen LogP contribution is 2.45. The monoisotopic (exact) mass is 2070 g/mol. The molecule has 0 aliphatic heterocycles. The number of phosphoric ester groups is 2. The van der Waals surface area contributed by atoms with Crippen molar-refractivity contribution in [1.82, 2.24) is 53.2 Å². The van der Waals surface area contributed by atoms with E-state index in [9.17, 15) is 62.1 Å². The van der Waals surface area contributed by atoms with E-state index in [0.29, 0.717) is 147 Å². The molecule has 0 fully saturated rings. The smallest absolute Gasteiger partial charge is 0.450 e. The van der Waals surface area contributed by atoms with Crippen LogP contribution in [0.5, 0.6) is 0 Å². The lowest BCUT2D eigenvalue weighted by Crippen LogP contribution is -2.47. The molecular weight excluding hydrogens is 1840 g/mol. The Morgan fingerprint density at radius 1 is 0.273 bits per heavy atom. The summed E-state index contributed by atoms with van der Waals surface area (Å²) in [5.41, 5.74) is 0. The number of rotatable bonds is 65. The molecule has 0 aromatic rings. The van der Waals surface area contributed by atoms with Crippen molar-refractivity contribution < 1.29 is 128 Å². The normalized spacial score (nSPS) is 11.1. The zero-order chi connectivity index (χ0) is 99.7. The molecule has 0 aliphatic rings. The van der Waals surface area contributed by atoms with Crippen LogP contribution >= 0.6 is 15.6 Å². The van der Waals surface area contributed by atoms with Crippen molar-refractivity contribution in [3.63, 3.8) is 0 Å². The predicted molar refractivity (Wildman–Crippen MR) is 581 cm³/mol. The predicted octanol–water partition coefficient (Wildman–Crippen LogP) is 21.7. The largest absolute Gasteiger partial charge is 0.472 e. The fourth-order valence-corrected chi connectivity index (χ4v) is 11.0. The Hall–Kier alpha value is -5.47. The van der Waals surface area contributed by atoms with Gasteiger partial charge in [-0.3, -0.25) is 42.1 Å². The number of carbonyl (C=O) groups excluding carboxylic acids is 9. The molecule has 0 saturated carbocycles. The number of carbonyl (C=O) groups is 9. The molecule has 0 spiro atoms. The molecule has 139 heavy (non-hydrogen) atoms. The van der Waals surface area contributed by atoms with Crippen molar-refractivity contribution in [3.8, 4) is 0 Å². The number of hydrogen-bond acceptors (Lipinski definition) is 25. The van der Waals surface area contributed by atoms with E-state index < -0.39 is 33.9 Å². The van der Waals surface area contributed by atoms with Crippen LogP contribution in [-0.2, 0) is 98.6 Å². The summed E-state index contributed by atoms with van der Waals surface area (Å²) in [6.45, 7) is 66.8. The van der Waals surface area contributed by atoms with Gasteiger partial charge in [-0.1, -0.05) is 206 Å². The molecule has 2 unspecified atom stereocenters. The molecule has 37 nitrogen and oxygen atoms in total. The van der Waals surface area contributed by atoms with E-state index in [1.165, 1.54) is 0 Å². The zero-order valence-electron chi connectivity index (χ0n) is 85.0.